The van der Waals surface area contributed by atoms with Crippen LogP contribution in [0, 0.1) is 0 Å². The highest BCUT2D eigenvalue weighted by Gasteiger charge is 2.28. The molecule has 140 valence electrons. The van der Waals surface area contributed by atoms with Crippen molar-refractivity contribution >= 4 is 28.4 Å². The van der Waals surface area contributed by atoms with Gasteiger partial charge in [-0.15, -0.1) is 0 Å². The molecule has 6 rings (SSSR count). The van der Waals surface area contributed by atoms with E-state index in [2.05, 4.69) is 4.90 Å². The maximum absolute atomic E-state index is 10.7. The number of anilines is 5. The second-order valence-corrected chi connectivity index (χ2v) is 6.91. The highest BCUT2D eigenvalue weighted by atomic mass is 16.5. The van der Waals surface area contributed by atoms with Gasteiger partial charge in [-0.05, 0) is 48.5 Å². The maximum Gasteiger partial charge on any atom is 0.155 e. The van der Waals surface area contributed by atoms with Crippen molar-refractivity contribution in [2.24, 2.45) is 0 Å². The third-order valence-corrected chi connectivity index (χ3v) is 5.18. The molecule has 0 atom stereocenters. The summed E-state index contributed by atoms with van der Waals surface area (Å²) in [5.41, 5.74) is 4.03. The molecule has 0 unspecified atom stereocenters. The number of hydrogen-bond donors (Lipinski definition) is 1. The highest BCUT2D eigenvalue weighted by molar-refractivity contribution is 5.88. The normalized spacial score (nSPS) is 13.4. The molecule has 0 saturated heterocycles. The van der Waals surface area contributed by atoms with Crippen LogP contribution in [0.25, 0.3) is 0 Å². The molecule has 0 radical (unpaired) electrons. The lowest BCUT2D eigenvalue weighted by Crippen LogP contribution is -2.18. The topological polar surface area (TPSA) is 45.2 Å². The van der Waals surface area contributed by atoms with Crippen LogP contribution in [0.4, 0.5) is 28.4 Å². The molecule has 0 saturated carbocycles. The smallest absolute Gasteiger partial charge is 0.155 e. The quantitative estimate of drug-likeness (QED) is 0.343. The van der Waals surface area contributed by atoms with E-state index in [-0.39, 0.29) is 0 Å². The summed E-state index contributed by atoms with van der Waals surface area (Å²) in [5, 5.41) is 11.8. The predicted molar refractivity (Wildman–Crippen MR) is 112 cm³/mol. The van der Waals surface area contributed by atoms with Crippen molar-refractivity contribution < 1.29 is 14.7 Å². The molecule has 2 aliphatic heterocycles. The van der Waals surface area contributed by atoms with E-state index in [9.17, 15) is 5.21 Å². The minimum absolute atomic E-state index is 0.588. The molecule has 0 spiro atoms. The first kappa shape index (κ1) is 16.0. The Morgan fingerprint density at radius 3 is 1.66 bits per heavy atom. The van der Waals surface area contributed by atoms with E-state index >= 15 is 0 Å². The molecule has 29 heavy (non-hydrogen) atoms. The van der Waals surface area contributed by atoms with Crippen molar-refractivity contribution in [1.82, 2.24) is 0 Å². The Bertz CT molecular complexity index is 1210. The van der Waals surface area contributed by atoms with Crippen molar-refractivity contribution in [3.63, 3.8) is 0 Å². The monoisotopic (exact) mass is 380 g/mol. The van der Waals surface area contributed by atoms with Crippen LogP contribution >= 0.6 is 0 Å². The largest absolute Gasteiger partial charge is 0.453 e. The summed E-state index contributed by atoms with van der Waals surface area (Å²) >= 11 is 0. The van der Waals surface area contributed by atoms with Gasteiger partial charge in [0.2, 0.25) is 0 Å². The van der Waals surface area contributed by atoms with Crippen molar-refractivity contribution in [1.29, 1.82) is 0 Å². The van der Waals surface area contributed by atoms with Crippen LogP contribution in [0.3, 0.4) is 0 Å². The summed E-state index contributed by atoms with van der Waals surface area (Å²) in [6.07, 6.45) is 0. The predicted octanol–water partition coefficient (Wildman–Crippen LogP) is 6.90. The van der Waals surface area contributed by atoms with Crippen LogP contribution in [-0.4, -0.2) is 5.21 Å². The van der Waals surface area contributed by atoms with E-state index < -0.39 is 0 Å². The zero-order chi connectivity index (χ0) is 19.4. The van der Waals surface area contributed by atoms with Crippen molar-refractivity contribution in [3.05, 3.63) is 91.0 Å². The van der Waals surface area contributed by atoms with Gasteiger partial charge in [-0.1, -0.05) is 36.4 Å². The fourth-order valence-electron chi connectivity index (χ4n) is 3.85. The van der Waals surface area contributed by atoms with Crippen LogP contribution in [0.2, 0.25) is 0 Å². The number of benzene rings is 4. The van der Waals surface area contributed by atoms with Crippen LogP contribution in [0.5, 0.6) is 23.0 Å². The number of fused-ring (bicyclic) bond motifs is 4. The molecule has 0 amide bonds. The van der Waals surface area contributed by atoms with Gasteiger partial charge in [0, 0.05) is 6.07 Å². The zero-order valence-electron chi connectivity index (χ0n) is 15.3. The Morgan fingerprint density at radius 2 is 1.00 bits per heavy atom. The molecule has 0 aromatic heterocycles. The summed E-state index contributed by atoms with van der Waals surface area (Å²) in [6.45, 7) is 0. The molecular formula is C24H16N2O3. The number of para-hydroxylation sites is 6. The van der Waals surface area contributed by atoms with Crippen molar-refractivity contribution in [3.8, 4) is 23.0 Å². The molecule has 0 bridgehead atoms. The molecular weight excluding hydrogens is 364 g/mol. The average molecular weight is 380 g/mol. The van der Waals surface area contributed by atoms with E-state index in [1.807, 2.05) is 91.0 Å². The van der Waals surface area contributed by atoms with Crippen LogP contribution in [-0.2, 0) is 0 Å². The summed E-state index contributed by atoms with van der Waals surface area (Å²) < 4.78 is 12.2. The SMILES string of the molecule is ON1c2ccccc2Oc2cc(N3c4ccccc4Oc4ccccc43)ccc21. The first-order chi connectivity index (χ1) is 14.3. The van der Waals surface area contributed by atoms with Gasteiger partial charge in [0.05, 0.1) is 17.1 Å². The third-order valence-electron chi connectivity index (χ3n) is 5.18. The average Bonchev–Trinajstić information content (AvgIpc) is 2.77. The molecule has 5 heteroatoms. The van der Waals surface area contributed by atoms with Gasteiger partial charge in [-0.3, -0.25) is 5.21 Å². The lowest BCUT2D eigenvalue weighted by molar-refractivity contribution is 0.285. The molecule has 0 aliphatic carbocycles. The lowest BCUT2D eigenvalue weighted by atomic mass is 10.1. The number of ether oxygens (including phenoxy) is 2. The van der Waals surface area contributed by atoms with E-state index in [1.165, 1.54) is 5.06 Å². The van der Waals surface area contributed by atoms with Crippen LogP contribution in [0.15, 0.2) is 91.0 Å². The van der Waals surface area contributed by atoms with Gasteiger partial charge in [-0.2, -0.15) is 0 Å². The molecule has 5 nitrogen and oxygen atoms in total. The molecule has 4 aromatic carbocycles. The molecule has 2 heterocycles. The van der Waals surface area contributed by atoms with Gasteiger partial charge in [0.25, 0.3) is 0 Å². The van der Waals surface area contributed by atoms with Gasteiger partial charge < -0.3 is 14.4 Å². The first-order valence-electron chi connectivity index (χ1n) is 9.35. The van der Waals surface area contributed by atoms with E-state index in [0.717, 1.165) is 28.6 Å². The minimum atomic E-state index is 0.588. The molecule has 0 fully saturated rings. The first-order valence-corrected chi connectivity index (χ1v) is 9.35. The fourth-order valence-corrected chi connectivity index (χ4v) is 3.85. The summed E-state index contributed by atoms with van der Waals surface area (Å²) in [7, 11) is 0. The lowest BCUT2D eigenvalue weighted by Gasteiger charge is -2.34. The number of nitrogens with zero attached hydrogens (tertiary/aromatic N) is 2. The van der Waals surface area contributed by atoms with Crippen LogP contribution < -0.4 is 19.4 Å². The zero-order valence-corrected chi connectivity index (χ0v) is 15.3. The van der Waals surface area contributed by atoms with Crippen molar-refractivity contribution in [2.75, 3.05) is 9.96 Å². The molecule has 1 N–H and O–H groups in total. The third kappa shape index (κ3) is 2.38. The van der Waals surface area contributed by atoms with Crippen molar-refractivity contribution in [2.45, 2.75) is 0 Å². The van der Waals surface area contributed by atoms with E-state index in [1.54, 1.807) is 0 Å². The minimum Gasteiger partial charge on any atom is -0.453 e. The Balaban J connectivity index is 1.51. The van der Waals surface area contributed by atoms with Gasteiger partial charge in [-0.25, -0.2) is 5.06 Å². The van der Waals surface area contributed by atoms with Gasteiger partial charge in [0.15, 0.2) is 23.0 Å². The molecule has 2 aliphatic rings. The standard InChI is InChI=1S/C24H16N2O3/c27-26-19-9-3-6-12-23(19)29-24-15-16(13-14-20(24)26)25-17-7-1-4-10-21(17)28-22-11-5-2-8-18(22)25/h1-15,27H. The fraction of sp³-hybridized carbons (Fsp3) is 0. The van der Waals surface area contributed by atoms with E-state index in [0.29, 0.717) is 22.9 Å². The maximum atomic E-state index is 10.7. The second-order valence-electron chi connectivity index (χ2n) is 6.91. The van der Waals surface area contributed by atoms with Gasteiger partial charge in [0.1, 0.15) is 11.4 Å². The Kier molecular flexibility index (Phi) is 3.33. The Labute approximate surface area is 167 Å². The second kappa shape index (κ2) is 6.02. The van der Waals surface area contributed by atoms with Crippen LogP contribution in [0.1, 0.15) is 0 Å². The van der Waals surface area contributed by atoms with Gasteiger partial charge >= 0.3 is 0 Å². The van der Waals surface area contributed by atoms with E-state index in [4.69, 9.17) is 9.47 Å². The number of hydrogen-bond acceptors (Lipinski definition) is 5. The Morgan fingerprint density at radius 1 is 0.517 bits per heavy atom. The summed E-state index contributed by atoms with van der Waals surface area (Å²) in [5.74, 6) is 2.78. The highest BCUT2D eigenvalue weighted by Crippen LogP contribution is 2.52. The summed E-state index contributed by atoms with van der Waals surface area (Å²) in [6, 6.07) is 29.1. The Hall–Kier alpha value is -3.96. The number of rotatable bonds is 1. The summed E-state index contributed by atoms with van der Waals surface area (Å²) in [4.78, 5) is 2.14. The molecule has 4 aromatic rings.